The number of carboxylic acid groups (broad SMARTS) is 1. The monoisotopic (exact) mass is 1320 g/mol. The highest BCUT2D eigenvalue weighted by Gasteiger charge is 2.35. The summed E-state index contributed by atoms with van der Waals surface area (Å²) in [6, 6.07) is -12.8. The summed E-state index contributed by atoms with van der Waals surface area (Å²) in [5.41, 5.74) is 78.3. The summed E-state index contributed by atoms with van der Waals surface area (Å²) in [5.74, 6) is -10.7. The normalized spacial score (nSPS) is 13.7. The minimum absolute atomic E-state index is 0.0117. The number of carboxylic acids is 1. The van der Waals surface area contributed by atoms with E-state index in [1.165, 1.54) is 12.5 Å². The Kier molecular flexibility index (Phi) is 40.4. The van der Waals surface area contributed by atoms with Crippen LogP contribution >= 0.6 is 0 Å². The fourth-order valence-corrected chi connectivity index (χ4v) is 8.82. The quantitative estimate of drug-likeness (QED) is 0.0164. The average molecular weight is 1320 g/mol. The van der Waals surface area contributed by atoms with Crippen molar-refractivity contribution in [3.05, 3.63) is 18.2 Å². The number of carbonyl (C=O) groups is 10. The number of primary amides is 1. The molecule has 0 saturated heterocycles. The molecule has 1 heterocycles. The van der Waals surface area contributed by atoms with Gasteiger partial charge in [-0.05, 0) is 122 Å². The summed E-state index contributed by atoms with van der Waals surface area (Å²) in [6.45, 7) is 0.619. The summed E-state index contributed by atoms with van der Waals surface area (Å²) in [5, 5.41) is 30.7. The molecule has 0 aliphatic carbocycles. The van der Waals surface area contributed by atoms with Gasteiger partial charge in [-0.2, -0.15) is 0 Å². The number of imidazole rings is 1. The summed E-state index contributed by atoms with van der Waals surface area (Å²) >= 11 is 0. The molecule has 9 amide bonds. The predicted octanol–water partition coefficient (Wildman–Crippen LogP) is -9.97. The molecule has 0 fully saturated rings. The molecule has 0 aliphatic heterocycles. The predicted molar refractivity (Wildman–Crippen MR) is 347 cm³/mol. The summed E-state index contributed by atoms with van der Waals surface area (Å²) in [7, 11) is 0. The van der Waals surface area contributed by atoms with E-state index in [4.69, 9.17) is 80.3 Å². The first-order chi connectivity index (χ1) is 44.1. The molecule has 1 aromatic rings. The lowest BCUT2D eigenvalue weighted by Crippen LogP contribution is -2.60. The van der Waals surface area contributed by atoms with Gasteiger partial charge in [0.25, 0.3) is 0 Å². The highest BCUT2D eigenvalue weighted by atomic mass is 16.4. The molecule has 0 spiro atoms. The standard InChI is InChI=1S/C53H101N29O11/c54-19-3-1-11-31(75-40(84)30(56)10-5-21-69-49(58)59)41(85)76-32(12-2-4-20-55)45(89)82-38(26-29-27-68-28-74-29)47(91)79-34(14-7-23-71-51(62)63)43(87)80-36(17-18-39(57)83)46(90)78-33(13-6-22-70-50(60)61)42(86)77-35(15-8-24-72-52(64)65)44(88)81-37(48(92)93)16-9-25-73-53(66)67/h27-28,30-38H,1-26,54-56H2,(H2,57,83)(H,68,74)(H,75,84)(H,76,85)(H,77,86)(H,78,90)(H,79,91)(H,80,87)(H,81,88)(H,82,89)(H,92,93)(H4,58,59,69)(H4,60,61,70)(H4,62,63,71)(H4,64,65,72)(H4,66,67,73)/t30-,31+,32+,33+,34-,35+,36+,37-,38+/m1/s1. The zero-order valence-electron chi connectivity index (χ0n) is 52.5. The van der Waals surface area contributed by atoms with Gasteiger partial charge in [0.05, 0.1) is 12.4 Å². The molecule has 93 heavy (non-hydrogen) atoms. The maximum atomic E-state index is 14.7. The zero-order valence-corrected chi connectivity index (χ0v) is 52.5. The van der Waals surface area contributed by atoms with Gasteiger partial charge < -0.3 is 133 Å². The molecular weight excluding hydrogens is 1220 g/mol. The number of H-pyrrole nitrogens is 1. The Morgan fingerprint density at radius 1 is 0.387 bits per heavy atom. The number of rotatable bonds is 50. The number of nitrogens with one attached hydrogen (secondary N) is 9. The third kappa shape index (κ3) is 37.2. The molecule has 40 heteroatoms. The molecule has 0 aliphatic rings. The number of nitrogens with two attached hydrogens (primary N) is 14. The summed E-state index contributed by atoms with van der Waals surface area (Å²) in [6.07, 6.45) is 3.28. The molecule has 1 aromatic heterocycles. The minimum atomic E-state index is -1.68. The van der Waals surface area contributed by atoms with Crippen LogP contribution in [-0.2, 0) is 54.4 Å². The SMILES string of the molecule is NCCCC[C@H](NC(=O)[C@H](N)CCCN=C(N)N)C(=O)N[C@@H](CCCCN)C(=O)N[C@@H](Cc1cnc[nH]1)C(=O)N[C@H](CCCN=C(N)N)C(=O)N[C@@H](CCC(N)=O)C(=O)N[C@@H](CCCN=C(N)N)C(=O)N[C@@H](CCCN=C(N)N)C(=O)N[C@H](CCCN=C(N)N)C(=O)O. The second-order valence-corrected chi connectivity index (χ2v) is 21.5. The Bertz CT molecular complexity index is 2660. The Morgan fingerprint density at radius 3 is 0.968 bits per heavy atom. The first kappa shape index (κ1) is 81.2. The fraction of sp³-hybridized carbons (Fsp3) is 0.660. The van der Waals surface area contributed by atoms with Crippen molar-refractivity contribution in [2.24, 2.45) is 105 Å². The van der Waals surface area contributed by atoms with E-state index in [0.717, 1.165) is 0 Å². The number of aromatic amines is 1. The third-order valence-electron chi connectivity index (χ3n) is 13.7. The third-order valence-corrected chi connectivity index (χ3v) is 13.7. The van der Waals surface area contributed by atoms with Crippen LogP contribution in [0.15, 0.2) is 37.5 Å². The second kappa shape index (κ2) is 46.2. The number of unbranched alkanes of at least 4 members (excludes halogenated alkanes) is 2. The Labute approximate surface area is 538 Å². The van der Waals surface area contributed by atoms with Crippen molar-refractivity contribution in [3.8, 4) is 0 Å². The van der Waals surface area contributed by atoms with Gasteiger partial charge in [-0.25, -0.2) is 9.78 Å². The second-order valence-electron chi connectivity index (χ2n) is 21.5. The van der Waals surface area contributed by atoms with Crippen molar-refractivity contribution >= 4 is 88.9 Å². The molecule has 9 atom stereocenters. The van der Waals surface area contributed by atoms with E-state index >= 15 is 0 Å². The molecule has 38 N–H and O–H groups in total. The molecule has 524 valence electrons. The fourth-order valence-electron chi connectivity index (χ4n) is 8.82. The minimum Gasteiger partial charge on any atom is -0.480 e. The van der Waals surface area contributed by atoms with Crippen LogP contribution in [0.25, 0.3) is 0 Å². The van der Waals surface area contributed by atoms with Gasteiger partial charge in [-0.3, -0.25) is 68.1 Å². The number of hydrogen-bond acceptors (Lipinski definition) is 19. The van der Waals surface area contributed by atoms with Crippen LogP contribution < -0.4 is 123 Å². The van der Waals surface area contributed by atoms with E-state index < -0.39 is 126 Å². The summed E-state index contributed by atoms with van der Waals surface area (Å²) in [4.78, 5) is 165. The van der Waals surface area contributed by atoms with Crippen LogP contribution in [0.3, 0.4) is 0 Å². The lowest BCUT2D eigenvalue weighted by atomic mass is 10.0. The molecule has 0 saturated carbocycles. The van der Waals surface area contributed by atoms with Crippen molar-refractivity contribution in [1.82, 2.24) is 52.5 Å². The van der Waals surface area contributed by atoms with Crippen molar-refractivity contribution < 1.29 is 53.1 Å². The zero-order chi connectivity index (χ0) is 69.8. The molecule has 40 nitrogen and oxygen atoms in total. The van der Waals surface area contributed by atoms with Crippen molar-refractivity contribution in [2.45, 2.75) is 176 Å². The largest absolute Gasteiger partial charge is 0.480 e. The van der Waals surface area contributed by atoms with E-state index in [2.05, 4.69) is 77.5 Å². The lowest BCUT2D eigenvalue weighted by molar-refractivity contribution is -0.142. The molecule has 1 rings (SSSR count). The number of carbonyl (C=O) groups excluding carboxylic acids is 9. The molecular formula is C53H101N29O11. The Morgan fingerprint density at radius 2 is 0.667 bits per heavy atom. The molecule has 0 aromatic carbocycles. The number of aliphatic carboxylic acids is 1. The van der Waals surface area contributed by atoms with Crippen molar-refractivity contribution in [3.63, 3.8) is 0 Å². The number of guanidine groups is 5. The molecule has 0 radical (unpaired) electrons. The van der Waals surface area contributed by atoms with Gasteiger partial charge in [0.2, 0.25) is 53.2 Å². The van der Waals surface area contributed by atoms with Crippen LogP contribution in [0.2, 0.25) is 0 Å². The van der Waals surface area contributed by atoms with Gasteiger partial charge >= 0.3 is 5.97 Å². The first-order valence-electron chi connectivity index (χ1n) is 30.4. The average Bonchev–Trinajstić information content (AvgIpc) is 1.57. The highest BCUT2D eigenvalue weighted by molar-refractivity contribution is 5.98. The van der Waals surface area contributed by atoms with Gasteiger partial charge in [0, 0.05) is 57.5 Å². The number of aliphatic imine (C=N–C) groups is 5. The van der Waals surface area contributed by atoms with E-state index in [-0.39, 0.29) is 153 Å². The van der Waals surface area contributed by atoms with Crippen LogP contribution in [-0.4, -0.2) is 204 Å². The van der Waals surface area contributed by atoms with Gasteiger partial charge in [-0.1, -0.05) is 0 Å². The number of hydrogen-bond donors (Lipinski definition) is 24. The molecule has 0 unspecified atom stereocenters. The van der Waals surface area contributed by atoms with Crippen molar-refractivity contribution in [2.75, 3.05) is 45.8 Å². The highest BCUT2D eigenvalue weighted by Crippen LogP contribution is 2.12. The smallest absolute Gasteiger partial charge is 0.326 e. The summed E-state index contributed by atoms with van der Waals surface area (Å²) < 4.78 is 0. The van der Waals surface area contributed by atoms with E-state index in [0.29, 0.717) is 37.8 Å². The van der Waals surface area contributed by atoms with Crippen LogP contribution in [0.5, 0.6) is 0 Å². The van der Waals surface area contributed by atoms with Gasteiger partial charge in [0.1, 0.15) is 48.3 Å². The van der Waals surface area contributed by atoms with E-state index in [9.17, 15) is 53.1 Å². The Balaban J connectivity index is 3.81. The van der Waals surface area contributed by atoms with Gasteiger partial charge in [-0.15, -0.1) is 0 Å². The van der Waals surface area contributed by atoms with Crippen LogP contribution in [0.4, 0.5) is 0 Å². The van der Waals surface area contributed by atoms with Crippen molar-refractivity contribution in [1.29, 1.82) is 0 Å². The maximum absolute atomic E-state index is 14.7. The lowest BCUT2D eigenvalue weighted by Gasteiger charge is -2.28. The number of amides is 9. The van der Waals surface area contributed by atoms with Crippen LogP contribution in [0, 0.1) is 0 Å². The van der Waals surface area contributed by atoms with E-state index in [1.54, 1.807) is 0 Å². The number of nitrogens with zero attached hydrogens (tertiary/aromatic N) is 6. The van der Waals surface area contributed by atoms with Crippen LogP contribution in [0.1, 0.15) is 121 Å². The van der Waals surface area contributed by atoms with Gasteiger partial charge in [0.15, 0.2) is 29.8 Å². The molecule has 0 bridgehead atoms. The van der Waals surface area contributed by atoms with E-state index in [1.807, 2.05) is 0 Å². The maximum Gasteiger partial charge on any atom is 0.326 e. The Hall–Kier alpha value is -9.86. The topological polar surface area (TPSA) is 742 Å². The first-order valence-corrected chi connectivity index (χ1v) is 30.4. The number of aromatic nitrogens is 2.